The number of rotatable bonds is 6. The van der Waals surface area contributed by atoms with Crippen molar-refractivity contribution in [2.75, 3.05) is 5.32 Å². The highest BCUT2D eigenvalue weighted by molar-refractivity contribution is 6.29. The number of amides is 2. The van der Waals surface area contributed by atoms with Gasteiger partial charge in [-0.2, -0.15) is 0 Å². The summed E-state index contributed by atoms with van der Waals surface area (Å²) in [6.45, 7) is 6.91. The Morgan fingerprint density at radius 2 is 1.74 bits per heavy atom. The summed E-state index contributed by atoms with van der Waals surface area (Å²) in [6, 6.07) is 1.87. The van der Waals surface area contributed by atoms with E-state index in [2.05, 4.69) is 20.9 Å². The predicted molar refractivity (Wildman–Crippen MR) is 106 cm³/mol. The number of carbonyl (C=O) groups is 2. The fourth-order valence-electron chi connectivity index (χ4n) is 3.05. The van der Waals surface area contributed by atoms with Crippen LogP contribution in [0.25, 0.3) is 0 Å². The molecule has 1 aliphatic rings. The molecule has 0 aliphatic heterocycles. The van der Waals surface area contributed by atoms with Gasteiger partial charge in [-0.3, -0.25) is 9.59 Å². The van der Waals surface area contributed by atoms with Crippen molar-refractivity contribution in [3.63, 3.8) is 0 Å². The summed E-state index contributed by atoms with van der Waals surface area (Å²) >= 11 is 5.95. The summed E-state index contributed by atoms with van der Waals surface area (Å²) in [5.41, 5.74) is -0.258. The molecule has 1 fully saturated rings. The van der Waals surface area contributed by atoms with Gasteiger partial charge in [-0.1, -0.05) is 11.6 Å². The van der Waals surface area contributed by atoms with Crippen molar-refractivity contribution in [2.24, 2.45) is 0 Å². The van der Waals surface area contributed by atoms with Crippen LogP contribution in [0.1, 0.15) is 63.7 Å². The number of nitrogens with zero attached hydrogens (tertiary/aromatic N) is 1. The van der Waals surface area contributed by atoms with Crippen LogP contribution < -0.4 is 16.0 Å². The van der Waals surface area contributed by atoms with Crippen molar-refractivity contribution >= 4 is 29.1 Å². The lowest BCUT2D eigenvalue weighted by Crippen LogP contribution is -2.49. The smallest absolute Gasteiger partial charge is 0.255 e. The predicted octanol–water partition coefficient (Wildman–Crippen LogP) is 2.48. The van der Waals surface area contributed by atoms with Crippen molar-refractivity contribution in [1.82, 2.24) is 15.6 Å². The second-order valence-electron chi connectivity index (χ2n) is 7.91. The summed E-state index contributed by atoms with van der Waals surface area (Å²) in [5, 5.41) is 19.2. The molecule has 0 atom stereocenters. The molecule has 2 rings (SSSR count). The molecular formula is C19H29ClN4O3. The van der Waals surface area contributed by atoms with Gasteiger partial charge in [-0.05, 0) is 59.4 Å². The minimum absolute atomic E-state index is 0.0208. The van der Waals surface area contributed by atoms with Crippen LogP contribution in [0.2, 0.25) is 5.15 Å². The van der Waals surface area contributed by atoms with Gasteiger partial charge < -0.3 is 21.1 Å². The van der Waals surface area contributed by atoms with Crippen LogP contribution in [0.15, 0.2) is 12.3 Å². The van der Waals surface area contributed by atoms with Gasteiger partial charge in [0, 0.05) is 24.3 Å². The number of aliphatic hydroxyl groups is 1. The lowest BCUT2D eigenvalue weighted by Gasteiger charge is -2.31. The molecule has 2 amide bonds. The number of aromatic nitrogens is 1. The number of nitrogens with one attached hydrogen (secondary N) is 3. The highest BCUT2D eigenvalue weighted by Crippen LogP contribution is 2.23. The maximum Gasteiger partial charge on any atom is 0.255 e. The van der Waals surface area contributed by atoms with Crippen LogP contribution in [0.5, 0.6) is 0 Å². The third-order valence-corrected chi connectivity index (χ3v) is 4.72. The van der Waals surface area contributed by atoms with Crippen molar-refractivity contribution in [2.45, 2.75) is 77.1 Å². The minimum atomic E-state index is -1.38. The van der Waals surface area contributed by atoms with Crippen LogP contribution in [-0.4, -0.2) is 45.6 Å². The summed E-state index contributed by atoms with van der Waals surface area (Å²) in [4.78, 5) is 28.6. The number of carbonyl (C=O) groups excluding carboxylic acids is 2. The summed E-state index contributed by atoms with van der Waals surface area (Å²) in [6.07, 6.45) is 4.51. The minimum Gasteiger partial charge on any atom is -0.382 e. The van der Waals surface area contributed by atoms with E-state index < -0.39 is 5.60 Å². The molecule has 0 unspecified atom stereocenters. The highest BCUT2D eigenvalue weighted by atomic mass is 35.5. The van der Waals surface area contributed by atoms with Gasteiger partial charge in [0.25, 0.3) is 11.8 Å². The Morgan fingerprint density at radius 1 is 1.19 bits per heavy atom. The number of pyridine rings is 1. The normalized spacial score (nSPS) is 20.3. The molecule has 1 heterocycles. The van der Waals surface area contributed by atoms with Gasteiger partial charge in [-0.25, -0.2) is 4.98 Å². The van der Waals surface area contributed by atoms with Crippen molar-refractivity contribution in [3.8, 4) is 0 Å². The SMILES string of the molecule is CC(C)Nc1cc(Cl)ncc1C(=O)N[C@H]1CC[C@H](NC(=O)C(C)(C)O)CC1. The van der Waals surface area contributed by atoms with Crippen molar-refractivity contribution in [3.05, 3.63) is 23.0 Å². The largest absolute Gasteiger partial charge is 0.382 e. The lowest BCUT2D eigenvalue weighted by molar-refractivity contribution is -0.137. The van der Waals surface area contributed by atoms with E-state index in [1.165, 1.54) is 20.0 Å². The second-order valence-corrected chi connectivity index (χ2v) is 8.29. The molecule has 150 valence electrons. The summed E-state index contributed by atoms with van der Waals surface area (Å²) < 4.78 is 0. The number of anilines is 1. The molecule has 1 aromatic heterocycles. The van der Waals surface area contributed by atoms with E-state index in [9.17, 15) is 14.7 Å². The first-order valence-electron chi connectivity index (χ1n) is 9.32. The van der Waals surface area contributed by atoms with Gasteiger partial charge in [0.05, 0.1) is 11.3 Å². The Labute approximate surface area is 165 Å². The number of hydrogen-bond acceptors (Lipinski definition) is 5. The molecule has 1 saturated carbocycles. The average molecular weight is 397 g/mol. The molecule has 0 saturated heterocycles. The molecular weight excluding hydrogens is 368 g/mol. The summed E-state index contributed by atoms with van der Waals surface area (Å²) in [7, 11) is 0. The van der Waals surface area contributed by atoms with E-state index in [0.29, 0.717) is 16.4 Å². The van der Waals surface area contributed by atoms with Crippen LogP contribution in [0.4, 0.5) is 5.69 Å². The molecule has 27 heavy (non-hydrogen) atoms. The molecule has 0 radical (unpaired) electrons. The maximum absolute atomic E-state index is 12.7. The maximum atomic E-state index is 12.7. The fourth-order valence-corrected chi connectivity index (χ4v) is 3.21. The van der Waals surface area contributed by atoms with Crippen LogP contribution in [-0.2, 0) is 4.79 Å². The van der Waals surface area contributed by atoms with E-state index in [1.54, 1.807) is 6.07 Å². The Hall–Kier alpha value is -1.86. The van der Waals surface area contributed by atoms with Gasteiger partial charge in [0.15, 0.2) is 0 Å². The first-order valence-corrected chi connectivity index (χ1v) is 9.70. The first-order chi connectivity index (χ1) is 12.6. The molecule has 7 nitrogen and oxygen atoms in total. The van der Waals surface area contributed by atoms with Crippen LogP contribution >= 0.6 is 11.6 Å². The van der Waals surface area contributed by atoms with Gasteiger partial charge in [0.2, 0.25) is 0 Å². The van der Waals surface area contributed by atoms with Crippen molar-refractivity contribution < 1.29 is 14.7 Å². The van der Waals surface area contributed by atoms with Gasteiger partial charge in [-0.15, -0.1) is 0 Å². The Balaban J connectivity index is 1.92. The third kappa shape index (κ3) is 6.36. The van der Waals surface area contributed by atoms with Gasteiger partial charge >= 0.3 is 0 Å². The van der Waals surface area contributed by atoms with Crippen molar-refractivity contribution in [1.29, 1.82) is 0 Å². The lowest BCUT2D eigenvalue weighted by atomic mass is 9.90. The second kappa shape index (κ2) is 8.89. The van der Waals surface area contributed by atoms with E-state index >= 15 is 0 Å². The zero-order valence-electron chi connectivity index (χ0n) is 16.3. The van der Waals surface area contributed by atoms with Crippen LogP contribution in [0, 0.1) is 0 Å². The fraction of sp³-hybridized carbons (Fsp3) is 0.632. The van der Waals surface area contributed by atoms with E-state index in [4.69, 9.17) is 11.6 Å². The zero-order chi connectivity index (χ0) is 20.2. The monoisotopic (exact) mass is 396 g/mol. The molecule has 0 bridgehead atoms. The van der Waals surface area contributed by atoms with E-state index in [0.717, 1.165) is 25.7 Å². The zero-order valence-corrected chi connectivity index (χ0v) is 17.1. The quantitative estimate of drug-likeness (QED) is 0.553. The standard InChI is InChI=1S/C19H29ClN4O3/c1-11(2)22-15-9-16(20)21-10-14(15)17(25)23-12-5-7-13(8-6-12)24-18(26)19(3,4)27/h9-13,27H,5-8H2,1-4H3,(H,21,22)(H,23,25)(H,24,26)/t12-,13-. The highest BCUT2D eigenvalue weighted by Gasteiger charge is 2.29. The summed E-state index contributed by atoms with van der Waals surface area (Å²) in [5.74, 6) is -0.557. The Morgan fingerprint density at radius 3 is 2.26 bits per heavy atom. The average Bonchev–Trinajstić information content (AvgIpc) is 2.55. The topological polar surface area (TPSA) is 103 Å². The molecule has 8 heteroatoms. The van der Waals surface area contributed by atoms with E-state index in [1.807, 2.05) is 13.8 Å². The number of halogens is 1. The van der Waals surface area contributed by atoms with Crippen LogP contribution in [0.3, 0.4) is 0 Å². The molecule has 4 N–H and O–H groups in total. The molecule has 1 aliphatic carbocycles. The third-order valence-electron chi connectivity index (χ3n) is 4.51. The molecule has 0 aromatic carbocycles. The Kier molecular flexibility index (Phi) is 7.06. The van der Waals surface area contributed by atoms with Gasteiger partial charge in [0.1, 0.15) is 10.8 Å². The molecule has 1 aromatic rings. The Bertz CT molecular complexity index is 680. The van der Waals surface area contributed by atoms with E-state index in [-0.39, 0.29) is 29.9 Å². The number of hydrogen-bond donors (Lipinski definition) is 4. The molecule has 0 spiro atoms. The first kappa shape index (κ1) is 21.4.